The van der Waals surface area contributed by atoms with Crippen LogP contribution in [0.2, 0.25) is 0 Å². The summed E-state index contributed by atoms with van der Waals surface area (Å²) in [4.78, 5) is 23.5. The molecule has 1 amide bonds. The predicted molar refractivity (Wildman–Crippen MR) is 59.4 cm³/mol. The lowest BCUT2D eigenvalue weighted by Gasteiger charge is -2.20. The third kappa shape index (κ3) is 1.52. The second kappa shape index (κ2) is 3.73. The van der Waals surface area contributed by atoms with Crippen LogP contribution in [-0.2, 0) is 4.79 Å². The summed E-state index contributed by atoms with van der Waals surface area (Å²) in [6, 6.07) is 1.76. The van der Waals surface area contributed by atoms with E-state index in [4.69, 9.17) is 0 Å². The molecule has 2 heterocycles. The average molecular weight is 221 g/mol. The van der Waals surface area contributed by atoms with Crippen LogP contribution in [0.5, 0.6) is 0 Å². The van der Waals surface area contributed by atoms with Gasteiger partial charge in [0, 0.05) is 6.07 Å². The van der Waals surface area contributed by atoms with Crippen LogP contribution < -0.4 is 5.32 Å². The Bertz CT molecular complexity index is 448. The van der Waals surface area contributed by atoms with Crippen molar-refractivity contribution < 1.29 is 9.59 Å². The number of amides is 1. The molecule has 1 N–H and O–H groups in total. The predicted octanol–water partition coefficient (Wildman–Crippen LogP) is 1.62. The van der Waals surface area contributed by atoms with Crippen molar-refractivity contribution >= 4 is 17.6 Å². The van der Waals surface area contributed by atoms with Crippen molar-refractivity contribution in [2.75, 3.05) is 5.32 Å². The van der Waals surface area contributed by atoms with E-state index in [9.17, 15) is 9.59 Å². The van der Waals surface area contributed by atoms with E-state index in [1.165, 1.54) is 4.68 Å². The number of nitrogens with zero attached hydrogens (tertiary/aromatic N) is 2. The minimum Gasteiger partial charge on any atom is -0.310 e. The van der Waals surface area contributed by atoms with E-state index in [-0.39, 0.29) is 17.7 Å². The first-order chi connectivity index (χ1) is 7.54. The van der Waals surface area contributed by atoms with Crippen molar-refractivity contribution in [1.29, 1.82) is 0 Å². The molecule has 1 atom stereocenters. The topological polar surface area (TPSA) is 64.0 Å². The van der Waals surface area contributed by atoms with Crippen molar-refractivity contribution in [3.8, 4) is 0 Å². The molecule has 0 bridgehead atoms. The summed E-state index contributed by atoms with van der Waals surface area (Å²) in [6.07, 6.45) is 0.501. The number of hydrogen-bond donors (Lipinski definition) is 1. The number of aromatic nitrogens is 2. The van der Waals surface area contributed by atoms with Crippen LogP contribution >= 0.6 is 0 Å². The molecule has 86 valence electrons. The zero-order valence-corrected chi connectivity index (χ0v) is 9.65. The van der Waals surface area contributed by atoms with Gasteiger partial charge in [-0.15, -0.1) is 0 Å². The molecule has 0 spiro atoms. The van der Waals surface area contributed by atoms with Crippen LogP contribution in [0.25, 0.3) is 0 Å². The van der Waals surface area contributed by atoms with Crippen LogP contribution in [0.1, 0.15) is 43.6 Å². The molecule has 1 aliphatic rings. The first kappa shape index (κ1) is 10.9. The molecule has 0 saturated carbocycles. The lowest BCUT2D eigenvalue weighted by atomic mass is 10.0. The maximum Gasteiger partial charge on any atom is 0.261 e. The van der Waals surface area contributed by atoms with Gasteiger partial charge in [0.15, 0.2) is 0 Å². The molecule has 5 nitrogen and oxygen atoms in total. The maximum absolute atomic E-state index is 11.9. The van der Waals surface area contributed by atoms with E-state index in [1.807, 2.05) is 20.8 Å². The maximum atomic E-state index is 11.9. The monoisotopic (exact) mass is 221 g/mol. The highest BCUT2D eigenvalue weighted by atomic mass is 16.2. The zero-order valence-electron chi connectivity index (χ0n) is 9.65. The number of fused-ring (bicyclic) bond motifs is 1. The van der Waals surface area contributed by atoms with Crippen molar-refractivity contribution in [3.05, 3.63) is 11.8 Å². The molecule has 0 saturated heterocycles. The fourth-order valence-corrected chi connectivity index (χ4v) is 1.77. The number of anilines is 1. The largest absolute Gasteiger partial charge is 0.310 e. The van der Waals surface area contributed by atoms with Crippen molar-refractivity contribution in [2.24, 2.45) is 5.92 Å². The first-order valence-electron chi connectivity index (χ1n) is 5.49. The molecule has 0 fully saturated rings. The highest BCUT2D eigenvalue weighted by molar-refractivity contribution is 6.11. The smallest absolute Gasteiger partial charge is 0.261 e. The van der Waals surface area contributed by atoms with Gasteiger partial charge >= 0.3 is 0 Å². The molecule has 1 aromatic heterocycles. The van der Waals surface area contributed by atoms with Crippen LogP contribution in [0.15, 0.2) is 6.07 Å². The molecular formula is C11H15N3O2. The first-order valence-corrected chi connectivity index (χ1v) is 5.49. The van der Waals surface area contributed by atoms with Gasteiger partial charge in [-0.1, -0.05) is 20.8 Å². The molecule has 0 radical (unpaired) electrons. The molecule has 1 unspecified atom stereocenters. The van der Waals surface area contributed by atoms with Crippen molar-refractivity contribution in [1.82, 2.24) is 9.78 Å². The highest BCUT2D eigenvalue weighted by Crippen LogP contribution is 2.24. The summed E-state index contributed by atoms with van der Waals surface area (Å²) in [5.74, 6) is -0.331. The Morgan fingerprint density at radius 1 is 1.50 bits per heavy atom. The normalized spacial score (nSPS) is 19.9. The van der Waals surface area contributed by atoms with E-state index in [0.29, 0.717) is 12.2 Å². The quantitative estimate of drug-likeness (QED) is 0.772. The second-order valence-corrected chi connectivity index (χ2v) is 4.31. The number of rotatable bonds is 2. The SMILES string of the molecule is CCC1C(=O)Nc2cc(C(C)C)nn2C1=O. The van der Waals surface area contributed by atoms with Gasteiger partial charge in [-0.2, -0.15) is 9.78 Å². The molecule has 0 aliphatic carbocycles. The average Bonchev–Trinajstić information content (AvgIpc) is 2.62. The number of nitrogens with one attached hydrogen (secondary N) is 1. The minimum atomic E-state index is -0.604. The Labute approximate surface area is 93.8 Å². The molecule has 5 heteroatoms. The molecule has 16 heavy (non-hydrogen) atoms. The number of carbonyl (C=O) groups is 2. The molecule has 0 aromatic carbocycles. The van der Waals surface area contributed by atoms with Gasteiger partial charge in [-0.3, -0.25) is 9.59 Å². The summed E-state index contributed by atoms with van der Waals surface area (Å²) in [5.41, 5.74) is 0.820. The van der Waals surface area contributed by atoms with Gasteiger partial charge in [-0.05, 0) is 12.3 Å². The third-order valence-electron chi connectivity index (χ3n) is 2.80. The van der Waals surface area contributed by atoms with Crippen LogP contribution in [0.4, 0.5) is 5.82 Å². The summed E-state index contributed by atoms with van der Waals surface area (Å²) >= 11 is 0. The van der Waals surface area contributed by atoms with Gasteiger partial charge in [-0.25, -0.2) is 0 Å². The van der Waals surface area contributed by atoms with Gasteiger partial charge in [0.25, 0.3) is 5.91 Å². The van der Waals surface area contributed by atoms with Crippen molar-refractivity contribution in [2.45, 2.75) is 33.1 Å². The Hall–Kier alpha value is -1.65. The van der Waals surface area contributed by atoms with E-state index in [0.717, 1.165) is 5.69 Å². The van der Waals surface area contributed by atoms with Crippen molar-refractivity contribution in [3.63, 3.8) is 0 Å². The lowest BCUT2D eigenvalue weighted by Crippen LogP contribution is -2.39. The fourth-order valence-electron chi connectivity index (χ4n) is 1.77. The van der Waals surface area contributed by atoms with E-state index in [2.05, 4.69) is 10.4 Å². The minimum absolute atomic E-state index is 0.227. The van der Waals surface area contributed by atoms with E-state index < -0.39 is 5.92 Å². The standard InChI is InChI=1S/C11H15N3O2/c1-4-7-10(15)12-9-5-8(6(2)3)13-14(9)11(7)16/h5-7H,4H2,1-3H3,(H,12,15). The fraction of sp³-hybridized carbons (Fsp3) is 0.545. The van der Waals surface area contributed by atoms with Gasteiger partial charge < -0.3 is 5.32 Å². The summed E-state index contributed by atoms with van der Waals surface area (Å²) < 4.78 is 1.31. The Kier molecular flexibility index (Phi) is 2.53. The number of hydrogen-bond acceptors (Lipinski definition) is 3. The van der Waals surface area contributed by atoms with E-state index in [1.54, 1.807) is 6.07 Å². The Balaban J connectivity index is 2.44. The van der Waals surface area contributed by atoms with Gasteiger partial charge in [0.1, 0.15) is 11.7 Å². The highest BCUT2D eigenvalue weighted by Gasteiger charge is 2.34. The van der Waals surface area contributed by atoms with E-state index >= 15 is 0 Å². The molecule has 1 aliphatic heterocycles. The second-order valence-electron chi connectivity index (χ2n) is 4.31. The van der Waals surface area contributed by atoms with Gasteiger partial charge in [0.05, 0.1) is 5.69 Å². The Morgan fingerprint density at radius 3 is 2.75 bits per heavy atom. The van der Waals surface area contributed by atoms with Crippen LogP contribution in [-0.4, -0.2) is 21.6 Å². The zero-order chi connectivity index (χ0) is 11.9. The number of carbonyl (C=O) groups excluding carboxylic acids is 2. The van der Waals surface area contributed by atoms with Crippen LogP contribution in [0, 0.1) is 5.92 Å². The molecular weight excluding hydrogens is 206 g/mol. The van der Waals surface area contributed by atoms with Gasteiger partial charge in [0.2, 0.25) is 5.91 Å². The third-order valence-corrected chi connectivity index (χ3v) is 2.80. The lowest BCUT2D eigenvalue weighted by molar-refractivity contribution is -0.119. The molecule has 2 rings (SSSR count). The molecule has 1 aromatic rings. The summed E-state index contributed by atoms with van der Waals surface area (Å²) in [5, 5.41) is 6.92. The van der Waals surface area contributed by atoms with Crippen LogP contribution in [0.3, 0.4) is 0 Å². The summed E-state index contributed by atoms with van der Waals surface area (Å²) in [7, 11) is 0. The summed E-state index contributed by atoms with van der Waals surface area (Å²) in [6.45, 7) is 5.82. The Morgan fingerprint density at radius 2 is 2.19 bits per heavy atom.